The molecule has 1 aromatic heterocycles. The van der Waals surface area contributed by atoms with Gasteiger partial charge in [0.1, 0.15) is 0 Å². The molecule has 3 heteroatoms. The number of nitrogens with zero attached hydrogens (tertiary/aromatic N) is 2. The van der Waals surface area contributed by atoms with E-state index in [0.29, 0.717) is 11.5 Å². The summed E-state index contributed by atoms with van der Waals surface area (Å²) in [4.78, 5) is 0. The lowest BCUT2D eigenvalue weighted by Gasteiger charge is -2.35. The molecule has 1 saturated carbocycles. The van der Waals surface area contributed by atoms with E-state index in [2.05, 4.69) is 37.4 Å². The van der Waals surface area contributed by atoms with Crippen molar-refractivity contribution >= 4 is 0 Å². The quantitative estimate of drug-likeness (QED) is 0.867. The average Bonchev–Trinajstić information content (AvgIpc) is 2.74. The number of aryl methyl sites for hydroxylation is 1. The summed E-state index contributed by atoms with van der Waals surface area (Å²) >= 11 is 0. The molecule has 1 fully saturated rings. The van der Waals surface area contributed by atoms with Gasteiger partial charge in [0.25, 0.3) is 0 Å². The van der Waals surface area contributed by atoms with Crippen LogP contribution in [0.4, 0.5) is 0 Å². The first-order chi connectivity index (χ1) is 8.59. The third-order valence-corrected chi connectivity index (χ3v) is 3.94. The summed E-state index contributed by atoms with van der Waals surface area (Å²) in [6.07, 6.45) is 10.7. The van der Waals surface area contributed by atoms with Gasteiger partial charge >= 0.3 is 0 Å². The Morgan fingerprint density at radius 2 is 2.33 bits per heavy atom. The van der Waals surface area contributed by atoms with Gasteiger partial charge in [0, 0.05) is 30.9 Å². The maximum atomic E-state index is 4.37. The SMILES string of the molecule is CCCn1cc(CNC2CCCC(C)(C)C2)cn1. The maximum Gasteiger partial charge on any atom is 0.0534 e. The second kappa shape index (κ2) is 5.87. The topological polar surface area (TPSA) is 29.9 Å². The van der Waals surface area contributed by atoms with Crippen LogP contribution in [0.15, 0.2) is 12.4 Å². The largest absolute Gasteiger partial charge is 0.310 e. The summed E-state index contributed by atoms with van der Waals surface area (Å²) in [5, 5.41) is 8.07. The van der Waals surface area contributed by atoms with Crippen molar-refractivity contribution < 1.29 is 0 Å². The van der Waals surface area contributed by atoms with Gasteiger partial charge in [-0.15, -0.1) is 0 Å². The summed E-state index contributed by atoms with van der Waals surface area (Å²) < 4.78 is 2.04. The molecule has 1 N–H and O–H groups in total. The van der Waals surface area contributed by atoms with Crippen molar-refractivity contribution in [1.29, 1.82) is 0 Å². The minimum Gasteiger partial charge on any atom is -0.310 e. The molecule has 1 aliphatic rings. The molecule has 102 valence electrons. The lowest BCUT2D eigenvalue weighted by molar-refractivity contribution is 0.198. The lowest BCUT2D eigenvalue weighted by atomic mass is 9.75. The molecule has 1 unspecified atom stereocenters. The van der Waals surface area contributed by atoms with E-state index in [1.807, 2.05) is 10.9 Å². The van der Waals surface area contributed by atoms with Crippen LogP contribution in [0.1, 0.15) is 58.4 Å². The zero-order chi connectivity index (χ0) is 13.0. The normalized spacial score (nSPS) is 23.2. The van der Waals surface area contributed by atoms with Gasteiger partial charge in [-0.2, -0.15) is 5.10 Å². The van der Waals surface area contributed by atoms with Gasteiger partial charge in [-0.05, 0) is 31.1 Å². The van der Waals surface area contributed by atoms with Gasteiger partial charge < -0.3 is 5.32 Å². The molecule has 1 atom stereocenters. The number of aromatic nitrogens is 2. The van der Waals surface area contributed by atoms with E-state index >= 15 is 0 Å². The lowest BCUT2D eigenvalue weighted by Crippen LogP contribution is -2.36. The Bertz CT molecular complexity index is 368. The van der Waals surface area contributed by atoms with Crippen LogP contribution in [0.2, 0.25) is 0 Å². The second-order valence-electron chi connectivity index (χ2n) is 6.45. The molecule has 18 heavy (non-hydrogen) atoms. The molecule has 2 rings (SSSR count). The van der Waals surface area contributed by atoms with Crippen molar-refractivity contribution in [3.63, 3.8) is 0 Å². The third-order valence-electron chi connectivity index (χ3n) is 3.94. The van der Waals surface area contributed by atoms with Crippen molar-refractivity contribution in [1.82, 2.24) is 15.1 Å². The second-order valence-corrected chi connectivity index (χ2v) is 6.45. The van der Waals surface area contributed by atoms with Crippen LogP contribution in [0.3, 0.4) is 0 Å². The Morgan fingerprint density at radius 1 is 1.50 bits per heavy atom. The third kappa shape index (κ3) is 3.84. The van der Waals surface area contributed by atoms with Crippen molar-refractivity contribution in [3.8, 4) is 0 Å². The van der Waals surface area contributed by atoms with Crippen LogP contribution in [0.5, 0.6) is 0 Å². The van der Waals surface area contributed by atoms with Crippen LogP contribution in [-0.4, -0.2) is 15.8 Å². The minimum absolute atomic E-state index is 0.516. The van der Waals surface area contributed by atoms with Gasteiger partial charge in [-0.1, -0.05) is 27.2 Å². The first kappa shape index (κ1) is 13.6. The number of hydrogen-bond donors (Lipinski definition) is 1. The zero-order valence-electron chi connectivity index (χ0n) is 12.1. The maximum absolute atomic E-state index is 4.37. The minimum atomic E-state index is 0.516. The highest BCUT2D eigenvalue weighted by Crippen LogP contribution is 2.35. The predicted molar refractivity (Wildman–Crippen MR) is 75.4 cm³/mol. The highest BCUT2D eigenvalue weighted by molar-refractivity contribution is 5.03. The average molecular weight is 249 g/mol. The van der Waals surface area contributed by atoms with Crippen LogP contribution in [-0.2, 0) is 13.1 Å². The fourth-order valence-electron chi connectivity index (χ4n) is 2.98. The smallest absolute Gasteiger partial charge is 0.0534 e. The molecule has 0 aliphatic heterocycles. The molecule has 0 amide bonds. The molecular weight excluding hydrogens is 222 g/mol. The number of hydrogen-bond acceptors (Lipinski definition) is 2. The molecule has 0 bridgehead atoms. The molecule has 1 aromatic rings. The molecule has 0 spiro atoms. The summed E-state index contributed by atoms with van der Waals surface area (Å²) in [6.45, 7) is 8.95. The Labute approximate surface area is 111 Å². The van der Waals surface area contributed by atoms with E-state index in [1.54, 1.807) is 0 Å². The monoisotopic (exact) mass is 249 g/mol. The zero-order valence-corrected chi connectivity index (χ0v) is 12.1. The Hall–Kier alpha value is -0.830. The highest BCUT2D eigenvalue weighted by atomic mass is 15.3. The highest BCUT2D eigenvalue weighted by Gasteiger charge is 2.27. The molecule has 1 heterocycles. The van der Waals surface area contributed by atoms with Crippen LogP contribution in [0.25, 0.3) is 0 Å². The van der Waals surface area contributed by atoms with E-state index in [-0.39, 0.29) is 0 Å². The standard InChI is InChI=1S/C15H27N3/c1-4-8-18-12-13(11-17-18)10-16-14-6-5-7-15(2,3)9-14/h11-12,14,16H,4-10H2,1-3H3. The number of rotatable bonds is 5. The van der Waals surface area contributed by atoms with Crippen molar-refractivity contribution in [3.05, 3.63) is 18.0 Å². The summed E-state index contributed by atoms with van der Waals surface area (Å²) in [7, 11) is 0. The van der Waals surface area contributed by atoms with Crippen LogP contribution < -0.4 is 5.32 Å². The first-order valence-electron chi connectivity index (χ1n) is 7.34. The molecule has 3 nitrogen and oxygen atoms in total. The molecule has 1 aliphatic carbocycles. The summed E-state index contributed by atoms with van der Waals surface area (Å²) in [5.41, 5.74) is 1.83. The molecule has 0 saturated heterocycles. The van der Waals surface area contributed by atoms with Crippen molar-refractivity contribution in [2.24, 2.45) is 5.41 Å². The summed E-state index contributed by atoms with van der Waals surface area (Å²) in [6, 6.07) is 0.684. The fraction of sp³-hybridized carbons (Fsp3) is 0.800. The fourth-order valence-corrected chi connectivity index (χ4v) is 2.98. The Balaban J connectivity index is 1.79. The Kier molecular flexibility index (Phi) is 4.44. The number of nitrogens with one attached hydrogen (secondary N) is 1. The van der Waals surface area contributed by atoms with E-state index in [4.69, 9.17) is 0 Å². The van der Waals surface area contributed by atoms with Gasteiger partial charge in [-0.25, -0.2) is 0 Å². The van der Waals surface area contributed by atoms with Gasteiger partial charge in [0.15, 0.2) is 0 Å². The van der Waals surface area contributed by atoms with Gasteiger partial charge in [-0.3, -0.25) is 4.68 Å². The first-order valence-corrected chi connectivity index (χ1v) is 7.34. The van der Waals surface area contributed by atoms with Gasteiger partial charge in [0.05, 0.1) is 6.20 Å². The van der Waals surface area contributed by atoms with Crippen LogP contribution in [0, 0.1) is 5.41 Å². The van der Waals surface area contributed by atoms with Crippen molar-refractivity contribution in [2.75, 3.05) is 0 Å². The molecule has 0 radical (unpaired) electrons. The van der Waals surface area contributed by atoms with Crippen molar-refractivity contribution in [2.45, 2.75) is 72.0 Å². The van der Waals surface area contributed by atoms with E-state index < -0.39 is 0 Å². The van der Waals surface area contributed by atoms with E-state index in [9.17, 15) is 0 Å². The van der Waals surface area contributed by atoms with Crippen LogP contribution >= 0.6 is 0 Å². The molecule has 0 aromatic carbocycles. The summed E-state index contributed by atoms with van der Waals surface area (Å²) in [5.74, 6) is 0. The van der Waals surface area contributed by atoms with E-state index in [1.165, 1.54) is 31.2 Å². The van der Waals surface area contributed by atoms with Gasteiger partial charge in [0.2, 0.25) is 0 Å². The Morgan fingerprint density at radius 3 is 3.06 bits per heavy atom. The predicted octanol–water partition coefficient (Wildman–Crippen LogP) is 3.35. The van der Waals surface area contributed by atoms with E-state index in [0.717, 1.165) is 19.5 Å². The molecular formula is C15H27N3.